The molecule has 0 aliphatic heterocycles. The molecule has 0 aliphatic carbocycles. The topological polar surface area (TPSA) is 121 Å². The van der Waals surface area contributed by atoms with Gasteiger partial charge in [0.1, 0.15) is 4.88 Å². The minimum absolute atomic E-state index is 0.296. The second-order valence-corrected chi connectivity index (χ2v) is 8.03. The fourth-order valence-corrected chi connectivity index (χ4v) is 4.13. The first-order chi connectivity index (χ1) is 15.4. The number of nitrogens with two attached hydrogens (primary N) is 1. The van der Waals surface area contributed by atoms with Crippen LogP contribution in [0.3, 0.4) is 0 Å². The lowest BCUT2D eigenvalue weighted by molar-refractivity contribution is 0.103. The van der Waals surface area contributed by atoms with Gasteiger partial charge in [0.25, 0.3) is 5.91 Å². The average molecular weight is 448 g/mol. The first-order valence-corrected chi connectivity index (χ1v) is 10.7. The fraction of sp³-hybridized carbons (Fsp3) is 0.0870. The summed E-state index contributed by atoms with van der Waals surface area (Å²) < 4.78 is 0. The smallest absolute Gasteiger partial charge is 0.426 e. The third kappa shape index (κ3) is 4.39. The summed E-state index contributed by atoms with van der Waals surface area (Å²) in [5.41, 5.74) is 4.13. The van der Waals surface area contributed by atoms with Gasteiger partial charge >= 0.3 is 6.09 Å². The summed E-state index contributed by atoms with van der Waals surface area (Å²) in [7, 11) is 0. The van der Waals surface area contributed by atoms with E-state index in [0.717, 1.165) is 16.5 Å². The van der Waals surface area contributed by atoms with Crippen molar-refractivity contribution in [2.24, 2.45) is 5.84 Å². The quantitative estimate of drug-likeness (QED) is 0.191. The molecule has 0 atom stereocenters. The van der Waals surface area contributed by atoms with Crippen molar-refractivity contribution >= 4 is 51.3 Å². The van der Waals surface area contributed by atoms with Crippen LogP contribution in [-0.2, 0) is 6.54 Å². The predicted molar refractivity (Wildman–Crippen MR) is 127 cm³/mol. The van der Waals surface area contributed by atoms with Gasteiger partial charge in [-0.2, -0.15) is 0 Å². The predicted octanol–water partition coefficient (Wildman–Crippen LogP) is 4.83. The van der Waals surface area contributed by atoms with Crippen molar-refractivity contribution in [2.45, 2.75) is 13.5 Å². The Hall–Kier alpha value is -3.95. The summed E-state index contributed by atoms with van der Waals surface area (Å²) in [6.07, 6.45) is 0.484. The Morgan fingerprint density at radius 3 is 2.78 bits per heavy atom. The number of fused-ring (bicyclic) bond motifs is 1. The number of carbonyl (C=O) groups excluding carboxylic acids is 1. The van der Waals surface area contributed by atoms with Gasteiger partial charge in [-0.05, 0) is 53.8 Å². The van der Waals surface area contributed by atoms with E-state index in [9.17, 15) is 9.59 Å². The van der Waals surface area contributed by atoms with E-state index in [0.29, 0.717) is 39.1 Å². The van der Waals surface area contributed by atoms with Gasteiger partial charge in [-0.25, -0.2) is 15.6 Å². The lowest BCUT2D eigenvalue weighted by atomic mass is 10.1. The molecule has 0 spiro atoms. The van der Waals surface area contributed by atoms with Crippen molar-refractivity contribution < 1.29 is 14.7 Å². The second-order valence-electron chi connectivity index (χ2n) is 7.11. The molecule has 162 valence electrons. The van der Waals surface area contributed by atoms with E-state index in [1.165, 1.54) is 17.4 Å². The summed E-state index contributed by atoms with van der Waals surface area (Å²) >= 11 is 1.32. The van der Waals surface area contributed by atoms with Crippen LogP contribution in [0, 0.1) is 6.92 Å². The van der Waals surface area contributed by atoms with Crippen LogP contribution in [0.5, 0.6) is 0 Å². The summed E-state index contributed by atoms with van der Waals surface area (Å²) in [6, 6.07) is 16.7. The zero-order valence-corrected chi connectivity index (χ0v) is 18.0. The molecule has 0 saturated heterocycles. The Labute approximate surface area is 188 Å². The molecule has 4 aromatic rings. The van der Waals surface area contributed by atoms with Gasteiger partial charge in [0.15, 0.2) is 0 Å². The molecular formula is C23H21N5O3S. The van der Waals surface area contributed by atoms with Crippen molar-refractivity contribution in [3.8, 4) is 0 Å². The van der Waals surface area contributed by atoms with Crippen molar-refractivity contribution in [3.63, 3.8) is 0 Å². The molecule has 2 amide bonds. The molecule has 0 aliphatic rings. The molecule has 8 nitrogen and oxygen atoms in total. The Bertz CT molecular complexity index is 1300. The fourth-order valence-electron chi connectivity index (χ4n) is 3.36. The van der Waals surface area contributed by atoms with Crippen molar-refractivity contribution in [1.29, 1.82) is 0 Å². The zero-order valence-electron chi connectivity index (χ0n) is 17.2. The monoisotopic (exact) mass is 447 g/mol. The van der Waals surface area contributed by atoms with Crippen LogP contribution in [0.2, 0.25) is 0 Å². The molecule has 4 rings (SSSR count). The molecule has 0 saturated carbocycles. The van der Waals surface area contributed by atoms with Crippen LogP contribution in [0.15, 0.2) is 66.2 Å². The molecule has 2 aromatic heterocycles. The number of nitrogens with one attached hydrogen (secondary N) is 2. The summed E-state index contributed by atoms with van der Waals surface area (Å²) in [4.78, 5) is 29.0. The third-order valence-corrected chi connectivity index (χ3v) is 5.93. The minimum atomic E-state index is -1.29. The number of hydrogen-bond donors (Lipinski definition) is 4. The summed E-state index contributed by atoms with van der Waals surface area (Å²) in [5, 5.41) is 18.8. The summed E-state index contributed by atoms with van der Waals surface area (Å²) in [5.74, 6) is 5.30. The first kappa shape index (κ1) is 21.3. The van der Waals surface area contributed by atoms with Gasteiger partial charge in [-0.3, -0.25) is 9.78 Å². The van der Waals surface area contributed by atoms with Crippen LogP contribution in [0.1, 0.15) is 20.8 Å². The van der Waals surface area contributed by atoms with E-state index in [4.69, 9.17) is 10.9 Å². The maximum Gasteiger partial charge on any atom is 0.426 e. The second kappa shape index (κ2) is 9.04. The van der Waals surface area contributed by atoms with Crippen molar-refractivity contribution in [2.75, 3.05) is 15.6 Å². The number of para-hydroxylation sites is 1. The highest BCUT2D eigenvalue weighted by Crippen LogP contribution is 2.27. The number of carbonyl (C=O) groups is 2. The molecule has 5 N–H and O–H groups in total. The number of carboxylic acid groups (broad SMARTS) is 1. The van der Waals surface area contributed by atoms with Crippen LogP contribution in [0.4, 0.5) is 21.9 Å². The van der Waals surface area contributed by atoms with Crippen LogP contribution in [0.25, 0.3) is 10.9 Å². The highest BCUT2D eigenvalue weighted by molar-refractivity contribution is 7.12. The van der Waals surface area contributed by atoms with Gasteiger partial charge < -0.3 is 15.7 Å². The number of thiophene rings is 1. The third-order valence-electron chi connectivity index (χ3n) is 5.01. The van der Waals surface area contributed by atoms with E-state index < -0.39 is 6.09 Å². The Morgan fingerprint density at radius 2 is 1.97 bits per heavy atom. The molecule has 32 heavy (non-hydrogen) atoms. The van der Waals surface area contributed by atoms with Crippen LogP contribution >= 0.6 is 11.3 Å². The number of rotatable bonds is 6. The normalized spacial score (nSPS) is 10.7. The van der Waals surface area contributed by atoms with Gasteiger partial charge in [-0.15, -0.1) is 11.3 Å². The number of amides is 2. The Balaban J connectivity index is 1.50. The zero-order chi connectivity index (χ0) is 22.7. The minimum Gasteiger partial charge on any atom is -0.464 e. The number of anilines is 3. The van der Waals surface area contributed by atoms with Crippen LogP contribution < -0.4 is 21.5 Å². The average Bonchev–Trinajstić information content (AvgIpc) is 3.27. The van der Waals surface area contributed by atoms with E-state index in [1.54, 1.807) is 25.3 Å². The highest BCUT2D eigenvalue weighted by Gasteiger charge is 2.17. The van der Waals surface area contributed by atoms with Crippen molar-refractivity contribution in [1.82, 2.24) is 4.98 Å². The molecule has 0 radical (unpaired) electrons. The van der Waals surface area contributed by atoms with Gasteiger partial charge in [0.2, 0.25) is 0 Å². The molecule has 9 heteroatoms. The number of nitrogens with zero attached hydrogens (tertiary/aromatic N) is 2. The molecule has 2 heterocycles. The number of benzene rings is 2. The van der Waals surface area contributed by atoms with E-state index in [2.05, 4.69) is 15.6 Å². The van der Waals surface area contributed by atoms with E-state index in [1.807, 2.05) is 41.8 Å². The maximum absolute atomic E-state index is 12.9. The number of pyridine rings is 1. The standard InChI is InChI=1S/C23H21N5O3S/c1-14-6-7-16(12-20(14)28(24)23(30)31)27-22(29)21-19(9-11-32-21)26-13-15-8-10-25-18-5-3-2-4-17(15)18/h2-12,26H,13,24H2,1H3,(H,27,29)(H,30,31). The summed E-state index contributed by atoms with van der Waals surface area (Å²) in [6.45, 7) is 2.28. The highest BCUT2D eigenvalue weighted by atomic mass is 32.1. The number of hydrazine groups is 1. The molecule has 0 bridgehead atoms. The Kier molecular flexibility index (Phi) is 6.02. The maximum atomic E-state index is 12.9. The molecule has 0 unspecified atom stereocenters. The van der Waals surface area contributed by atoms with Gasteiger partial charge in [0, 0.05) is 23.8 Å². The van der Waals surface area contributed by atoms with Gasteiger partial charge in [-0.1, -0.05) is 24.3 Å². The van der Waals surface area contributed by atoms with Crippen molar-refractivity contribution in [3.05, 3.63) is 82.2 Å². The Morgan fingerprint density at radius 1 is 1.16 bits per heavy atom. The lowest BCUT2D eigenvalue weighted by Crippen LogP contribution is -2.36. The first-order valence-electron chi connectivity index (χ1n) is 9.78. The number of hydrogen-bond acceptors (Lipinski definition) is 6. The SMILES string of the molecule is Cc1ccc(NC(=O)c2sccc2NCc2ccnc3ccccc23)cc1N(N)C(=O)O. The largest absolute Gasteiger partial charge is 0.464 e. The number of aromatic nitrogens is 1. The van der Waals surface area contributed by atoms with E-state index in [-0.39, 0.29) is 5.91 Å². The molecule has 2 aromatic carbocycles. The van der Waals surface area contributed by atoms with Gasteiger partial charge in [0.05, 0.1) is 16.9 Å². The lowest BCUT2D eigenvalue weighted by Gasteiger charge is -2.17. The molecule has 0 fully saturated rings. The van der Waals surface area contributed by atoms with E-state index >= 15 is 0 Å². The van der Waals surface area contributed by atoms with Crippen LogP contribution in [-0.4, -0.2) is 22.1 Å². The number of aryl methyl sites for hydroxylation is 1. The molecular weight excluding hydrogens is 426 g/mol.